The second-order valence-corrected chi connectivity index (χ2v) is 3.52. The molecule has 0 saturated carbocycles. The number of hydrogen-bond acceptors (Lipinski definition) is 1. The van der Waals surface area contributed by atoms with Gasteiger partial charge < -0.3 is 0 Å². The summed E-state index contributed by atoms with van der Waals surface area (Å²) in [4.78, 5) is 11.6. The average molecular weight is 180 g/mol. The van der Waals surface area contributed by atoms with Gasteiger partial charge in [-0.1, -0.05) is 25.0 Å². The van der Waals surface area contributed by atoms with E-state index in [0.717, 1.165) is 24.0 Å². The van der Waals surface area contributed by atoms with E-state index in [1.165, 1.54) is 5.57 Å². The van der Waals surface area contributed by atoms with Crippen molar-refractivity contribution in [3.05, 3.63) is 22.8 Å². The van der Waals surface area contributed by atoms with Crippen LogP contribution in [-0.2, 0) is 4.79 Å². The molecule has 0 aliphatic carbocycles. The van der Waals surface area contributed by atoms with Crippen LogP contribution in [0.25, 0.3) is 0 Å². The van der Waals surface area contributed by atoms with E-state index in [0.29, 0.717) is 0 Å². The third-order valence-corrected chi connectivity index (χ3v) is 2.17. The van der Waals surface area contributed by atoms with Gasteiger partial charge in [0.15, 0.2) is 5.78 Å². The van der Waals surface area contributed by atoms with Gasteiger partial charge in [-0.25, -0.2) is 0 Å². The summed E-state index contributed by atoms with van der Waals surface area (Å²) in [6.45, 7) is 10.0. The van der Waals surface area contributed by atoms with Crippen LogP contribution in [-0.4, -0.2) is 5.78 Å². The predicted octanol–water partition coefficient (Wildman–Crippen LogP) is 3.66. The summed E-state index contributed by atoms with van der Waals surface area (Å²) in [6, 6.07) is 0. The summed E-state index contributed by atoms with van der Waals surface area (Å²) in [7, 11) is 0. The fourth-order valence-electron chi connectivity index (χ4n) is 1.33. The largest absolute Gasteiger partial charge is 0.290 e. The van der Waals surface area contributed by atoms with Crippen LogP contribution in [0, 0.1) is 0 Å². The summed E-state index contributed by atoms with van der Waals surface area (Å²) in [6.07, 6.45) is 3.66. The molecule has 0 fully saturated rings. The lowest BCUT2D eigenvalue weighted by atomic mass is 10.0. The van der Waals surface area contributed by atoms with Crippen LogP contribution in [0.5, 0.6) is 0 Å². The Kier molecular flexibility index (Phi) is 5.36. The van der Waals surface area contributed by atoms with Gasteiger partial charge in [0.2, 0.25) is 0 Å². The molecule has 1 nitrogen and oxygen atoms in total. The maximum absolute atomic E-state index is 11.6. The molecule has 0 aromatic carbocycles. The second kappa shape index (κ2) is 5.74. The molecule has 0 atom stereocenters. The van der Waals surface area contributed by atoms with Crippen molar-refractivity contribution < 1.29 is 4.79 Å². The molecule has 74 valence electrons. The van der Waals surface area contributed by atoms with Gasteiger partial charge in [0.1, 0.15) is 0 Å². The minimum atomic E-state index is 0.165. The molecule has 1 heteroatoms. The Morgan fingerprint density at radius 2 is 1.54 bits per heavy atom. The lowest BCUT2D eigenvalue weighted by Crippen LogP contribution is -1.99. The number of hydrogen-bond donors (Lipinski definition) is 0. The Morgan fingerprint density at radius 1 is 1.08 bits per heavy atom. The Labute approximate surface area is 81.5 Å². The smallest absolute Gasteiger partial charge is 0.181 e. The predicted molar refractivity (Wildman–Crippen MR) is 57.7 cm³/mol. The SMILES string of the molecule is CCC(CC)=C(C)C(=O)C=C(C)C. The summed E-state index contributed by atoms with van der Waals surface area (Å²) >= 11 is 0. The van der Waals surface area contributed by atoms with Crippen molar-refractivity contribution in [2.45, 2.75) is 47.5 Å². The molecule has 0 aromatic rings. The van der Waals surface area contributed by atoms with Crippen LogP contribution in [0.3, 0.4) is 0 Å². The summed E-state index contributed by atoms with van der Waals surface area (Å²) in [5.74, 6) is 0.165. The van der Waals surface area contributed by atoms with E-state index >= 15 is 0 Å². The molecule has 0 unspecified atom stereocenters. The van der Waals surface area contributed by atoms with Crippen LogP contribution in [0.15, 0.2) is 22.8 Å². The third-order valence-electron chi connectivity index (χ3n) is 2.17. The molecule has 0 aliphatic rings. The molecule has 0 amide bonds. The van der Waals surface area contributed by atoms with Crippen molar-refractivity contribution in [1.29, 1.82) is 0 Å². The monoisotopic (exact) mass is 180 g/mol. The zero-order valence-corrected chi connectivity index (χ0v) is 9.40. The number of carbonyl (C=O) groups is 1. The first-order chi connectivity index (χ1) is 6.02. The van der Waals surface area contributed by atoms with Gasteiger partial charge in [0.25, 0.3) is 0 Å². The standard InChI is InChI=1S/C12H20O/c1-6-11(7-2)10(5)12(13)8-9(3)4/h8H,6-7H2,1-5H3. The summed E-state index contributed by atoms with van der Waals surface area (Å²) in [5, 5.41) is 0. The highest BCUT2D eigenvalue weighted by atomic mass is 16.1. The van der Waals surface area contributed by atoms with Crippen molar-refractivity contribution in [1.82, 2.24) is 0 Å². The molecule has 0 rings (SSSR count). The van der Waals surface area contributed by atoms with E-state index in [-0.39, 0.29) is 5.78 Å². The molecule has 0 aromatic heterocycles. The van der Waals surface area contributed by atoms with Crippen LogP contribution in [0.1, 0.15) is 47.5 Å². The minimum Gasteiger partial charge on any atom is -0.290 e. The van der Waals surface area contributed by atoms with Gasteiger partial charge in [-0.3, -0.25) is 4.79 Å². The van der Waals surface area contributed by atoms with Gasteiger partial charge in [0.05, 0.1) is 0 Å². The summed E-state index contributed by atoms with van der Waals surface area (Å²) in [5.41, 5.74) is 3.25. The van der Waals surface area contributed by atoms with Gasteiger partial charge in [-0.2, -0.15) is 0 Å². The molecule has 0 heterocycles. The first kappa shape index (κ1) is 12.2. The van der Waals surface area contributed by atoms with Crippen molar-refractivity contribution >= 4 is 5.78 Å². The van der Waals surface area contributed by atoms with E-state index in [1.807, 2.05) is 20.8 Å². The van der Waals surface area contributed by atoms with E-state index in [2.05, 4.69) is 13.8 Å². The number of ketones is 1. The van der Waals surface area contributed by atoms with Crippen LogP contribution >= 0.6 is 0 Å². The normalized spacial score (nSPS) is 9.31. The third kappa shape index (κ3) is 4.07. The summed E-state index contributed by atoms with van der Waals surface area (Å²) < 4.78 is 0. The molecular weight excluding hydrogens is 160 g/mol. The highest BCUT2D eigenvalue weighted by molar-refractivity contribution is 6.04. The number of carbonyl (C=O) groups excluding carboxylic acids is 1. The maximum atomic E-state index is 11.6. The molecule has 0 saturated heterocycles. The Balaban J connectivity index is 4.76. The van der Waals surface area contributed by atoms with E-state index in [4.69, 9.17) is 0 Å². The maximum Gasteiger partial charge on any atom is 0.181 e. The lowest BCUT2D eigenvalue weighted by molar-refractivity contribution is -0.111. The van der Waals surface area contributed by atoms with E-state index in [9.17, 15) is 4.79 Å². The fraction of sp³-hybridized carbons (Fsp3) is 0.583. The lowest BCUT2D eigenvalue weighted by Gasteiger charge is -2.04. The first-order valence-electron chi connectivity index (χ1n) is 4.90. The van der Waals surface area contributed by atoms with Gasteiger partial charge >= 0.3 is 0 Å². The van der Waals surface area contributed by atoms with Crippen molar-refractivity contribution in [3.63, 3.8) is 0 Å². The Hall–Kier alpha value is -0.850. The topological polar surface area (TPSA) is 17.1 Å². The number of allylic oxidation sites excluding steroid dienone is 4. The highest BCUT2D eigenvalue weighted by Crippen LogP contribution is 2.14. The highest BCUT2D eigenvalue weighted by Gasteiger charge is 2.05. The molecule has 0 radical (unpaired) electrons. The Morgan fingerprint density at radius 3 is 1.85 bits per heavy atom. The van der Waals surface area contributed by atoms with Crippen LogP contribution < -0.4 is 0 Å². The second-order valence-electron chi connectivity index (χ2n) is 3.52. The van der Waals surface area contributed by atoms with Gasteiger partial charge in [-0.05, 0) is 45.3 Å². The number of rotatable bonds is 4. The molecular formula is C12H20O. The Bertz CT molecular complexity index is 234. The fourth-order valence-corrected chi connectivity index (χ4v) is 1.33. The zero-order chi connectivity index (χ0) is 10.4. The first-order valence-corrected chi connectivity index (χ1v) is 4.90. The average Bonchev–Trinajstić information content (AvgIpc) is 2.05. The zero-order valence-electron chi connectivity index (χ0n) is 9.40. The molecule has 13 heavy (non-hydrogen) atoms. The van der Waals surface area contributed by atoms with Gasteiger partial charge in [-0.15, -0.1) is 0 Å². The van der Waals surface area contributed by atoms with Crippen LogP contribution in [0.2, 0.25) is 0 Å². The van der Waals surface area contributed by atoms with Crippen molar-refractivity contribution in [2.24, 2.45) is 0 Å². The minimum absolute atomic E-state index is 0.165. The molecule has 0 aliphatic heterocycles. The van der Waals surface area contributed by atoms with Crippen LogP contribution in [0.4, 0.5) is 0 Å². The quantitative estimate of drug-likeness (QED) is 0.603. The molecule has 0 N–H and O–H groups in total. The van der Waals surface area contributed by atoms with Crippen molar-refractivity contribution in [2.75, 3.05) is 0 Å². The van der Waals surface area contributed by atoms with Crippen molar-refractivity contribution in [3.8, 4) is 0 Å². The molecule has 0 spiro atoms. The van der Waals surface area contributed by atoms with E-state index in [1.54, 1.807) is 6.08 Å². The van der Waals surface area contributed by atoms with Gasteiger partial charge in [0, 0.05) is 0 Å². The molecule has 0 bridgehead atoms. The van der Waals surface area contributed by atoms with E-state index < -0.39 is 0 Å².